The van der Waals surface area contributed by atoms with Crippen molar-refractivity contribution in [3.63, 3.8) is 0 Å². The van der Waals surface area contributed by atoms with Gasteiger partial charge in [-0.3, -0.25) is 4.79 Å². The Bertz CT molecular complexity index is 214. The standard InChI is InChI=1S/C11H21NO4/c1-8(2)5-9(13)6-12-11(14)10-7-15-3-4-16-10/h8-10,13H,3-7H2,1-2H3,(H,12,14). The zero-order valence-corrected chi connectivity index (χ0v) is 9.94. The molecule has 1 amide bonds. The van der Waals surface area contributed by atoms with Crippen molar-refractivity contribution in [2.45, 2.75) is 32.5 Å². The molecule has 16 heavy (non-hydrogen) atoms. The van der Waals surface area contributed by atoms with E-state index in [1.54, 1.807) is 0 Å². The summed E-state index contributed by atoms with van der Waals surface area (Å²) in [5.41, 5.74) is 0. The molecule has 1 aliphatic rings. The highest BCUT2D eigenvalue weighted by atomic mass is 16.6. The quantitative estimate of drug-likeness (QED) is 0.695. The number of nitrogens with one attached hydrogen (secondary N) is 1. The van der Waals surface area contributed by atoms with E-state index in [9.17, 15) is 9.90 Å². The fourth-order valence-electron chi connectivity index (χ4n) is 1.60. The molecule has 0 radical (unpaired) electrons. The van der Waals surface area contributed by atoms with E-state index < -0.39 is 12.2 Å². The van der Waals surface area contributed by atoms with Gasteiger partial charge in [0.15, 0.2) is 6.10 Å². The minimum Gasteiger partial charge on any atom is -0.391 e. The fourth-order valence-corrected chi connectivity index (χ4v) is 1.60. The molecule has 2 N–H and O–H groups in total. The molecule has 0 spiro atoms. The van der Waals surface area contributed by atoms with E-state index in [2.05, 4.69) is 5.32 Å². The van der Waals surface area contributed by atoms with E-state index in [-0.39, 0.29) is 12.5 Å². The predicted octanol–water partition coefficient (Wildman–Crippen LogP) is -0.0750. The third-order valence-corrected chi connectivity index (χ3v) is 2.36. The van der Waals surface area contributed by atoms with Crippen LogP contribution >= 0.6 is 0 Å². The van der Waals surface area contributed by atoms with E-state index in [0.29, 0.717) is 32.2 Å². The molecule has 0 saturated carbocycles. The molecule has 0 bridgehead atoms. The van der Waals surface area contributed by atoms with Crippen LogP contribution < -0.4 is 5.32 Å². The molecule has 1 heterocycles. The summed E-state index contributed by atoms with van der Waals surface area (Å²) in [7, 11) is 0. The van der Waals surface area contributed by atoms with Gasteiger partial charge < -0.3 is 19.9 Å². The lowest BCUT2D eigenvalue weighted by Gasteiger charge is -2.23. The lowest BCUT2D eigenvalue weighted by molar-refractivity contribution is -0.147. The average Bonchev–Trinajstić information content (AvgIpc) is 2.26. The zero-order chi connectivity index (χ0) is 12.0. The van der Waals surface area contributed by atoms with E-state index in [1.807, 2.05) is 13.8 Å². The maximum Gasteiger partial charge on any atom is 0.251 e. The van der Waals surface area contributed by atoms with Crippen LogP contribution in [0.4, 0.5) is 0 Å². The third-order valence-electron chi connectivity index (χ3n) is 2.36. The highest BCUT2D eigenvalue weighted by molar-refractivity contribution is 5.81. The van der Waals surface area contributed by atoms with Gasteiger partial charge >= 0.3 is 0 Å². The first kappa shape index (κ1) is 13.4. The summed E-state index contributed by atoms with van der Waals surface area (Å²) in [4.78, 5) is 11.6. The molecule has 5 nitrogen and oxygen atoms in total. The first-order chi connectivity index (χ1) is 7.59. The number of carbonyl (C=O) groups excluding carboxylic acids is 1. The van der Waals surface area contributed by atoms with E-state index in [1.165, 1.54) is 0 Å². The Morgan fingerprint density at radius 3 is 2.81 bits per heavy atom. The predicted molar refractivity (Wildman–Crippen MR) is 59.0 cm³/mol. The summed E-state index contributed by atoms with van der Waals surface area (Å²) in [5.74, 6) is 0.212. The van der Waals surface area contributed by atoms with Gasteiger partial charge in [-0.25, -0.2) is 0 Å². The van der Waals surface area contributed by atoms with Gasteiger partial charge in [0.25, 0.3) is 5.91 Å². The highest BCUT2D eigenvalue weighted by Gasteiger charge is 2.22. The molecule has 1 fully saturated rings. The Balaban J connectivity index is 2.18. The summed E-state index contributed by atoms with van der Waals surface area (Å²) >= 11 is 0. The average molecular weight is 231 g/mol. The number of ether oxygens (including phenoxy) is 2. The first-order valence-corrected chi connectivity index (χ1v) is 5.74. The molecule has 0 aromatic heterocycles. The van der Waals surface area contributed by atoms with Crippen molar-refractivity contribution in [3.05, 3.63) is 0 Å². The van der Waals surface area contributed by atoms with Crippen LogP contribution in [-0.4, -0.2) is 49.6 Å². The lowest BCUT2D eigenvalue weighted by atomic mass is 10.1. The van der Waals surface area contributed by atoms with Crippen LogP contribution in [-0.2, 0) is 14.3 Å². The summed E-state index contributed by atoms with van der Waals surface area (Å²) < 4.78 is 10.4. The second-order valence-corrected chi connectivity index (χ2v) is 4.46. The van der Waals surface area contributed by atoms with Crippen LogP contribution in [0, 0.1) is 5.92 Å². The van der Waals surface area contributed by atoms with Crippen molar-refractivity contribution in [2.75, 3.05) is 26.4 Å². The van der Waals surface area contributed by atoms with Crippen LogP contribution in [0.5, 0.6) is 0 Å². The molecule has 1 rings (SSSR count). The largest absolute Gasteiger partial charge is 0.391 e. The Morgan fingerprint density at radius 2 is 2.25 bits per heavy atom. The van der Waals surface area contributed by atoms with Gasteiger partial charge in [0.2, 0.25) is 0 Å². The second kappa shape index (κ2) is 6.83. The third kappa shape index (κ3) is 4.92. The minimum atomic E-state index is -0.528. The van der Waals surface area contributed by atoms with Gasteiger partial charge in [0.1, 0.15) is 0 Å². The topological polar surface area (TPSA) is 67.8 Å². The molecular formula is C11H21NO4. The van der Waals surface area contributed by atoms with Crippen molar-refractivity contribution in [1.82, 2.24) is 5.32 Å². The highest BCUT2D eigenvalue weighted by Crippen LogP contribution is 2.04. The second-order valence-electron chi connectivity index (χ2n) is 4.46. The van der Waals surface area contributed by atoms with E-state index in [0.717, 1.165) is 0 Å². The number of amides is 1. The maximum atomic E-state index is 11.6. The number of hydrogen-bond donors (Lipinski definition) is 2. The molecule has 1 saturated heterocycles. The number of rotatable bonds is 5. The van der Waals surface area contributed by atoms with Gasteiger partial charge in [-0.1, -0.05) is 13.8 Å². The number of aliphatic hydroxyl groups excluding tert-OH is 1. The van der Waals surface area contributed by atoms with Crippen molar-refractivity contribution in [2.24, 2.45) is 5.92 Å². The smallest absolute Gasteiger partial charge is 0.251 e. The lowest BCUT2D eigenvalue weighted by Crippen LogP contribution is -2.45. The van der Waals surface area contributed by atoms with Crippen LogP contribution in [0.25, 0.3) is 0 Å². The maximum absolute atomic E-state index is 11.6. The Labute approximate surface area is 96.1 Å². The van der Waals surface area contributed by atoms with Crippen molar-refractivity contribution < 1.29 is 19.4 Å². The van der Waals surface area contributed by atoms with Crippen molar-refractivity contribution in [1.29, 1.82) is 0 Å². The van der Waals surface area contributed by atoms with Gasteiger partial charge in [-0.15, -0.1) is 0 Å². The molecule has 2 unspecified atom stereocenters. The number of hydrogen-bond acceptors (Lipinski definition) is 4. The molecule has 2 atom stereocenters. The molecular weight excluding hydrogens is 210 g/mol. The molecule has 0 aromatic carbocycles. The van der Waals surface area contributed by atoms with Crippen molar-refractivity contribution in [3.8, 4) is 0 Å². The molecule has 1 aliphatic heterocycles. The summed E-state index contributed by atoms with van der Waals surface area (Å²) in [6.45, 7) is 5.63. The van der Waals surface area contributed by atoms with Crippen LogP contribution in [0.15, 0.2) is 0 Å². The number of carbonyl (C=O) groups is 1. The first-order valence-electron chi connectivity index (χ1n) is 5.74. The van der Waals surface area contributed by atoms with Gasteiger partial charge in [-0.2, -0.15) is 0 Å². The van der Waals surface area contributed by atoms with E-state index in [4.69, 9.17) is 9.47 Å². The fraction of sp³-hybridized carbons (Fsp3) is 0.909. The van der Waals surface area contributed by atoms with Gasteiger partial charge in [0, 0.05) is 6.54 Å². The Morgan fingerprint density at radius 1 is 1.50 bits per heavy atom. The molecule has 5 heteroatoms. The zero-order valence-electron chi connectivity index (χ0n) is 9.94. The SMILES string of the molecule is CC(C)CC(O)CNC(=O)C1COCCO1. The van der Waals surface area contributed by atoms with Gasteiger partial charge in [0.05, 0.1) is 25.9 Å². The van der Waals surface area contributed by atoms with Crippen molar-refractivity contribution >= 4 is 5.91 Å². The van der Waals surface area contributed by atoms with Crippen LogP contribution in [0.3, 0.4) is 0 Å². The summed E-state index contributed by atoms with van der Waals surface area (Å²) in [6.07, 6.45) is -0.337. The minimum absolute atomic E-state index is 0.206. The summed E-state index contributed by atoms with van der Waals surface area (Å²) in [6, 6.07) is 0. The van der Waals surface area contributed by atoms with Crippen LogP contribution in [0.1, 0.15) is 20.3 Å². The monoisotopic (exact) mass is 231 g/mol. The molecule has 94 valence electrons. The number of aliphatic hydroxyl groups is 1. The Hall–Kier alpha value is -0.650. The van der Waals surface area contributed by atoms with Gasteiger partial charge in [-0.05, 0) is 12.3 Å². The van der Waals surface area contributed by atoms with E-state index >= 15 is 0 Å². The summed E-state index contributed by atoms with van der Waals surface area (Å²) in [5, 5.41) is 12.2. The molecule has 0 aromatic rings. The van der Waals surface area contributed by atoms with Crippen LogP contribution in [0.2, 0.25) is 0 Å². The Kier molecular flexibility index (Phi) is 5.73. The normalized spacial score (nSPS) is 23.1. The molecule has 0 aliphatic carbocycles.